The van der Waals surface area contributed by atoms with Gasteiger partial charge in [0, 0.05) is 51.4 Å². The lowest BCUT2D eigenvalue weighted by Crippen LogP contribution is -2.48. The Kier molecular flexibility index (Phi) is 6.07. The van der Waals surface area contributed by atoms with Crippen molar-refractivity contribution in [1.82, 2.24) is 15.1 Å². The van der Waals surface area contributed by atoms with Crippen LogP contribution in [0.4, 0.5) is 0 Å². The molecule has 6 nitrogen and oxygen atoms in total. The Morgan fingerprint density at radius 3 is 2.61 bits per heavy atom. The highest BCUT2D eigenvalue weighted by atomic mass is 16.5. The maximum absolute atomic E-state index is 12.4. The second kappa shape index (κ2) is 8.88. The molecule has 1 fully saturated rings. The van der Waals surface area contributed by atoms with E-state index in [-0.39, 0.29) is 5.91 Å². The number of amides is 1. The third-order valence-electron chi connectivity index (χ3n) is 5.50. The molecule has 146 valence electrons. The topological polar surface area (TPSA) is 65.0 Å². The van der Waals surface area contributed by atoms with Crippen LogP contribution >= 0.6 is 0 Å². The first kappa shape index (κ1) is 19.1. The molecule has 2 aliphatic rings. The number of carbonyl (C=O) groups is 1. The largest absolute Gasteiger partial charge is 0.491 e. The van der Waals surface area contributed by atoms with Gasteiger partial charge in [-0.3, -0.25) is 14.6 Å². The summed E-state index contributed by atoms with van der Waals surface area (Å²) in [5.74, 6) is -0.107. The summed E-state index contributed by atoms with van der Waals surface area (Å²) in [5.41, 5.74) is 3.56. The number of nitrogens with zero attached hydrogens (tertiary/aromatic N) is 2. The Labute approximate surface area is 166 Å². The lowest BCUT2D eigenvalue weighted by Gasteiger charge is -2.34. The molecule has 2 N–H and O–H groups in total. The Bertz CT molecular complexity index is 810. The van der Waals surface area contributed by atoms with Crippen molar-refractivity contribution in [2.45, 2.75) is 13.2 Å². The predicted molar refractivity (Wildman–Crippen MR) is 109 cm³/mol. The highest BCUT2D eigenvalue weighted by molar-refractivity contribution is 6.61. The fourth-order valence-electron chi connectivity index (χ4n) is 3.80. The molecular formula is C21H26BN3O3. The zero-order valence-corrected chi connectivity index (χ0v) is 16.0. The van der Waals surface area contributed by atoms with Crippen LogP contribution in [0.15, 0.2) is 48.5 Å². The van der Waals surface area contributed by atoms with Gasteiger partial charge in [0.25, 0.3) is 5.91 Å². The van der Waals surface area contributed by atoms with E-state index in [2.05, 4.69) is 45.4 Å². The van der Waals surface area contributed by atoms with Crippen molar-refractivity contribution in [2.24, 2.45) is 0 Å². The molecule has 2 aromatic carbocycles. The molecule has 7 heteroatoms. The molecule has 0 spiro atoms. The van der Waals surface area contributed by atoms with Gasteiger partial charge in [-0.1, -0.05) is 36.4 Å². The van der Waals surface area contributed by atoms with Crippen LogP contribution < -0.4 is 10.8 Å². The zero-order chi connectivity index (χ0) is 19.3. The van der Waals surface area contributed by atoms with Crippen molar-refractivity contribution in [3.8, 4) is 0 Å². The zero-order valence-electron chi connectivity index (χ0n) is 16.0. The molecule has 0 atom stereocenters. The average molecular weight is 379 g/mol. The minimum absolute atomic E-state index is 0.107. The second-order valence-corrected chi connectivity index (χ2v) is 7.44. The molecule has 0 bridgehead atoms. The Hall–Kier alpha value is -2.19. The van der Waals surface area contributed by atoms with Gasteiger partial charge in [0.2, 0.25) is 0 Å². The van der Waals surface area contributed by atoms with Gasteiger partial charge in [0.05, 0.1) is 6.61 Å². The fraction of sp³-hybridized carbons (Fsp3) is 0.381. The number of rotatable bonds is 6. The van der Waals surface area contributed by atoms with Crippen LogP contribution in [0.5, 0.6) is 0 Å². The molecule has 0 radical (unpaired) electrons. The fourth-order valence-corrected chi connectivity index (χ4v) is 3.80. The van der Waals surface area contributed by atoms with Crippen LogP contribution in [0.2, 0.25) is 0 Å². The number of hydrogen-bond donors (Lipinski definition) is 2. The maximum atomic E-state index is 12.4. The molecule has 4 rings (SSSR count). The molecule has 0 unspecified atom stereocenters. The summed E-state index contributed by atoms with van der Waals surface area (Å²) in [6.45, 7) is 7.00. The minimum atomic E-state index is -0.921. The van der Waals surface area contributed by atoms with Crippen LogP contribution in [0.25, 0.3) is 0 Å². The van der Waals surface area contributed by atoms with Crippen LogP contribution in [-0.4, -0.2) is 67.1 Å². The van der Waals surface area contributed by atoms with Crippen LogP contribution in [-0.2, 0) is 17.8 Å². The first-order chi connectivity index (χ1) is 13.7. The molecular weight excluding hydrogens is 353 g/mol. The molecule has 2 aromatic rings. The van der Waals surface area contributed by atoms with Crippen molar-refractivity contribution in [2.75, 3.05) is 39.3 Å². The molecule has 28 heavy (non-hydrogen) atoms. The van der Waals surface area contributed by atoms with Gasteiger partial charge in [-0.25, -0.2) is 0 Å². The first-order valence-electron chi connectivity index (χ1n) is 9.88. The number of fused-ring (bicyclic) bond motifs is 1. The summed E-state index contributed by atoms with van der Waals surface area (Å²) in [6.07, 6.45) is 0. The third kappa shape index (κ3) is 4.62. The summed E-state index contributed by atoms with van der Waals surface area (Å²) in [4.78, 5) is 17.3. The molecule has 1 amide bonds. The van der Waals surface area contributed by atoms with E-state index in [4.69, 9.17) is 4.65 Å². The molecule has 0 aliphatic carbocycles. The highest BCUT2D eigenvalue weighted by Gasteiger charge is 2.28. The van der Waals surface area contributed by atoms with Gasteiger partial charge in [0.1, 0.15) is 0 Å². The Morgan fingerprint density at radius 2 is 1.82 bits per heavy atom. The summed E-state index contributed by atoms with van der Waals surface area (Å²) in [5, 5.41) is 12.8. The summed E-state index contributed by atoms with van der Waals surface area (Å²) in [7, 11) is -0.921. The molecule has 2 aliphatic heterocycles. The number of hydrogen-bond acceptors (Lipinski definition) is 5. The van der Waals surface area contributed by atoms with Crippen LogP contribution in [0.3, 0.4) is 0 Å². The highest BCUT2D eigenvalue weighted by Crippen LogP contribution is 2.11. The second-order valence-electron chi connectivity index (χ2n) is 7.44. The van der Waals surface area contributed by atoms with Crippen LogP contribution in [0.1, 0.15) is 21.5 Å². The van der Waals surface area contributed by atoms with Crippen molar-refractivity contribution >= 4 is 18.5 Å². The summed E-state index contributed by atoms with van der Waals surface area (Å²) in [6, 6.07) is 15.9. The number of carbonyl (C=O) groups excluding carboxylic acids is 1. The molecule has 0 aromatic heterocycles. The van der Waals surface area contributed by atoms with Crippen molar-refractivity contribution in [1.29, 1.82) is 0 Å². The standard InChI is InChI=1S/C21H26BN3O3/c26-21(18-6-7-19-16-28-22(27)20(19)14-18)23-8-9-24-10-12-25(13-11-24)15-17-4-2-1-3-5-17/h1-7,14,27H,8-13,15-16H2,(H,23,26). The van der Waals surface area contributed by atoms with E-state index in [9.17, 15) is 9.82 Å². The smallest absolute Gasteiger partial charge is 0.423 e. The minimum Gasteiger partial charge on any atom is -0.423 e. The van der Waals surface area contributed by atoms with E-state index < -0.39 is 7.12 Å². The average Bonchev–Trinajstić information content (AvgIpc) is 3.10. The van der Waals surface area contributed by atoms with Crippen molar-refractivity contribution < 1.29 is 14.5 Å². The van der Waals surface area contributed by atoms with Crippen molar-refractivity contribution in [3.63, 3.8) is 0 Å². The van der Waals surface area contributed by atoms with Gasteiger partial charge in [-0.05, 0) is 28.7 Å². The first-order valence-corrected chi connectivity index (χ1v) is 9.88. The van der Waals surface area contributed by atoms with E-state index in [0.29, 0.717) is 24.2 Å². The lowest BCUT2D eigenvalue weighted by molar-refractivity contribution is 0.0934. The van der Waals surface area contributed by atoms with Gasteiger partial charge < -0.3 is 15.0 Å². The summed E-state index contributed by atoms with van der Waals surface area (Å²) >= 11 is 0. The van der Waals surface area contributed by atoms with E-state index >= 15 is 0 Å². The normalized spacial score (nSPS) is 17.5. The number of benzene rings is 2. The Balaban J connectivity index is 1.19. The molecule has 1 saturated heterocycles. The third-order valence-corrected chi connectivity index (χ3v) is 5.50. The molecule has 2 heterocycles. The van der Waals surface area contributed by atoms with Crippen LogP contribution in [0, 0.1) is 0 Å². The van der Waals surface area contributed by atoms with E-state index in [1.165, 1.54) is 5.56 Å². The quantitative estimate of drug-likeness (QED) is 0.714. The Morgan fingerprint density at radius 1 is 1.07 bits per heavy atom. The monoisotopic (exact) mass is 379 g/mol. The van der Waals surface area contributed by atoms with E-state index in [1.807, 2.05) is 6.07 Å². The maximum Gasteiger partial charge on any atom is 0.491 e. The predicted octanol–water partition coefficient (Wildman–Crippen LogP) is 0.452. The summed E-state index contributed by atoms with van der Waals surface area (Å²) < 4.78 is 5.18. The number of piperazine rings is 1. The lowest BCUT2D eigenvalue weighted by atomic mass is 9.79. The van der Waals surface area contributed by atoms with Gasteiger partial charge in [0.15, 0.2) is 0 Å². The van der Waals surface area contributed by atoms with E-state index in [0.717, 1.165) is 44.8 Å². The van der Waals surface area contributed by atoms with E-state index in [1.54, 1.807) is 12.1 Å². The number of nitrogens with one attached hydrogen (secondary N) is 1. The van der Waals surface area contributed by atoms with Gasteiger partial charge in [-0.15, -0.1) is 0 Å². The van der Waals surface area contributed by atoms with Gasteiger partial charge >= 0.3 is 7.12 Å². The van der Waals surface area contributed by atoms with Crippen molar-refractivity contribution in [3.05, 3.63) is 65.2 Å². The molecule has 0 saturated carbocycles. The SMILES string of the molecule is O=C(NCCN1CCN(Cc2ccccc2)CC1)c1ccc2c(c1)B(O)OC2. The van der Waals surface area contributed by atoms with Gasteiger partial charge in [-0.2, -0.15) is 0 Å².